The molecule has 5 heteroatoms. The van der Waals surface area contributed by atoms with E-state index in [2.05, 4.69) is 10.4 Å². The van der Waals surface area contributed by atoms with Gasteiger partial charge in [-0.05, 0) is 31.1 Å². The number of nitrogens with one attached hydrogen (secondary N) is 1. The van der Waals surface area contributed by atoms with Gasteiger partial charge in [0.15, 0.2) is 0 Å². The summed E-state index contributed by atoms with van der Waals surface area (Å²) in [5.74, 6) is 0.326. The van der Waals surface area contributed by atoms with E-state index in [1.807, 2.05) is 13.2 Å². The average Bonchev–Trinajstić information content (AvgIpc) is 2.92. The van der Waals surface area contributed by atoms with E-state index in [1.165, 1.54) is 38.5 Å². The number of hydrogen-bond acceptors (Lipinski definition) is 3. The van der Waals surface area contributed by atoms with Gasteiger partial charge in [-0.2, -0.15) is 5.10 Å². The van der Waals surface area contributed by atoms with Crippen molar-refractivity contribution in [2.45, 2.75) is 56.9 Å². The Bertz CT molecular complexity index is 568. The number of aromatic nitrogens is 2. The van der Waals surface area contributed by atoms with Crippen LogP contribution in [0.25, 0.3) is 0 Å². The Labute approximate surface area is 131 Å². The molecule has 1 spiro atoms. The van der Waals surface area contributed by atoms with Crippen molar-refractivity contribution < 1.29 is 9.53 Å². The zero-order chi connectivity index (χ0) is 15.2. The maximum atomic E-state index is 12.7. The Morgan fingerprint density at radius 3 is 2.95 bits per heavy atom. The van der Waals surface area contributed by atoms with Crippen molar-refractivity contribution in [1.29, 1.82) is 0 Å². The first-order chi connectivity index (χ1) is 10.7. The summed E-state index contributed by atoms with van der Waals surface area (Å²) >= 11 is 0. The van der Waals surface area contributed by atoms with E-state index < -0.39 is 0 Å². The van der Waals surface area contributed by atoms with Gasteiger partial charge in [0.25, 0.3) is 5.91 Å². The van der Waals surface area contributed by atoms with Crippen molar-refractivity contribution in [1.82, 2.24) is 15.1 Å². The smallest absolute Gasteiger partial charge is 0.255 e. The van der Waals surface area contributed by atoms with Gasteiger partial charge in [0.05, 0.1) is 17.9 Å². The normalized spacial score (nSPS) is 29.7. The first-order valence-electron chi connectivity index (χ1n) is 8.60. The van der Waals surface area contributed by atoms with Crippen molar-refractivity contribution >= 4 is 5.91 Å². The van der Waals surface area contributed by atoms with Crippen molar-refractivity contribution in [3.63, 3.8) is 0 Å². The molecule has 4 rings (SSSR count). The Morgan fingerprint density at radius 1 is 1.41 bits per heavy atom. The van der Waals surface area contributed by atoms with Gasteiger partial charge in [-0.1, -0.05) is 19.3 Å². The Balaban J connectivity index is 1.47. The van der Waals surface area contributed by atoms with E-state index in [0.717, 1.165) is 24.3 Å². The first kappa shape index (κ1) is 14.2. The molecule has 3 aliphatic rings. The summed E-state index contributed by atoms with van der Waals surface area (Å²) in [5.41, 5.74) is 2.08. The molecule has 0 radical (unpaired) electrons. The maximum Gasteiger partial charge on any atom is 0.255 e. The summed E-state index contributed by atoms with van der Waals surface area (Å²) < 4.78 is 7.21. The fourth-order valence-electron chi connectivity index (χ4n) is 4.33. The number of hydrogen-bond donors (Lipinski definition) is 1. The summed E-state index contributed by atoms with van der Waals surface area (Å²) in [6.07, 6.45) is 10.6. The molecule has 1 amide bonds. The fourth-order valence-corrected chi connectivity index (χ4v) is 4.33. The van der Waals surface area contributed by atoms with Crippen LogP contribution in [-0.4, -0.2) is 34.9 Å². The molecule has 1 aromatic rings. The van der Waals surface area contributed by atoms with Crippen LogP contribution in [0.15, 0.2) is 6.20 Å². The van der Waals surface area contributed by atoms with Gasteiger partial charge in [-0.15, -0.1) is 0 Å². The molecule has 1 aliphatic heterocycles. The highest BCUT2D eigenvalue weighted by molar-refractivity contribution is 5.95. The number of aryl methyl sites for hydroxylation is 1. The van der Waals surface area contributed by atoms with E-state index in [0.29, 0.717) is 18.1 Å². The van der Waals surface area contributed by atoms with Crippen LogP contribution in [-0.2, 0) is 11.8 Å². The minimum Gasteiger partial charge on any atom is -0.381 e. The molecular weight excluding hydrogens is 278 g/mol. The highest BCUT2D eigenvalue weighted by Gasteiger charge is 2.54. The van der Waals surface area contributed by atoms with Gasteiger partial charge in [0.2, 0.25) is 0 Å². The second-order valence-corrected chi connectivity index (χ2v) is 7.32. The van der Waals surface area contributed by atoms with Gasteiger partial charge < -0.3 is 10.1 Å². The van der Waals surface area contributed by atoms with Crippen molar-refractivity contribution in [3.05, 3.63) is 17.5 Å². The maximum absolute atomic E-state index is 12.7. The molecule has 0 aromatic carbocycles. The van der Waals surface area contributed by atoms with Gasteiger partial charge in [-0.3, -0.25) is 9.48 Å². The minimum atomic E-state index is 0.0578. The zero-order valence-corrected chi connectivity index (χ0v) is 13.3. The zero-order valence-electron chi connectivity index (χ0n) is 13.3. The van der Waals surface area contributed by atoms with Crippen molar-refractivity contribution in [2.75, 3.05) is 13.2 Å². The molecule has 1 saturated heterocycles. The summed E-state index contributed by atoms with van der Waals surface area (Å²) in [7, 11) is 1.88. The van der Waals surface area contributed by atoms with Crippen LogP contribution in [0.4, 0.5) is 0 Å². The minimum absolute atomic E-state index is 0.0578. The van der Waals surface area contributed by atoms with Crippen molar-refractivity contribution in [3.8, 4) is 0 Å². The van der Waals surface area contributed by atoms with Gasteiger partial charge in [0.1, 0.15) is 0 Å². The molecule has 3 fully saturated rings. The summed E-state index contributed by atoms with van der Waals surface area (Å²) in [6.45, 7) is 1.46. The SMILES string of the molecule is Cn1cc(C(=O)N[C@H]2CC23CCCCC3)c([C@@H]2CCOC2)n1. The monoisotopic (exact) mass is 303 g/mol. The molecule has 2 atom stereocenters. The van der Waals surface area contributed by atoms with E-state index in [4.69, 9.17) is 4.74 Å². The lowest BCUT2D eigenvalue weighted by molar-refractivity contribution is 0.0940. The molecule has 120 valence electrons. The van der Waals surface area contributed by atoms with E-state index in [9.17, 15) is 4.79 Å². The second kappa shape index (κ2) is 5.37. The third-order valence-electron chi connectivity index (χ3n) is 5.76. The quantitative estimate of drug-likeness (QED) is 0.932. The predicted molar refractivity (Wildman–Crippen MR) is 82.8 cm³/mol. The summed E-state index contributed by atoms with van der Waals surface area (Å²) in [5, 5.41) is 7.80. The third kappa shape index (κ3) is 2.45. The molecule has 0 unspecified atom stereocenters. The number of carbonyl (C=O) groups is 1. The van der Waals surface area contributed by atoms with Crippen LogP contribution in [0.1, 0.15) is 66.9 Å². The Hall–Kier alpha value is -1.36. The Kier molecular flexibility index (Phi) is 3.48. The van der Waals surface area contributed by atoms with E-state index >= 15 is 0 Å². The Morgan fingerprint density at radius 2 is 2.23 bits per heavy atom. The first-order valence-corrected chi connectivity index (χ1v) is 8.60. The van der Waals surface area contributed by atoms with E-state index in [1.54, 1.807) is 4.68 Å². The standard InChI is InChI=1S/C17H25N3O2/c1-20-10-13(15(19-20)12-5-8-22-11-12)16(21)18-14-9-17(14)6-3-2-4-7-17/h10,12,14H,2-9,11H2,1H3,(H,18,21)/t12-,14+/m1/s1. The molecule has 22 heavy (non-hydrogen) atoms. The molecular formula is C17H25N3O2. The number of rotatable bonds is 3. The fraction of sp³-hybridized carbons (Fsp3) is 0.765. The molecule has 1 N–H and O–H groups in total. The second-order valence-electron chi connectivity index (χ2n) is 7.32. The molecule has 1 aromatic heterocycles. The van der Waals surface area contributed by atoms with Crippen LogP contribution in [0.2, 0.25) is 0 Å². The van der Waals surface area contributed by atoms with Crippen LogP contribution in [0.3, 0.4) is 0 Å². The highest BCUT2D eigenvalue weighted by atomic mass is 16.5. The molecule has 2 saturated carbocycles. The van der Waals surface area contributed by atoms with Crippen LogP contribution < -0.4 is 5.32 Å². The van der Waals surface area contributed by atoms with Crippen LogP contribution >= 0.6 is 0 Å². The number of carbonyl (C=O) groups excluding carboxylic acids is 1. The number of ether oxygens (including phenoxy) is 1. The van der Waals surface area contributed by atoms with Gasteiger partial charge in [0, 0.05) is 31.8 Å². The highest BCUT2D eigenvalue weighted by Crippen LogP contribution is 2.56. The average molecular weight is 303 g/mol. The predicted octanol–water partition coefficient (Wildman–Crippen LogP) is 2.38. The lowest BCUT2D eigenvalue weighted by atomic mass is 9.85. The molecule has 0 bridgehead atoms. The number of nitrogens with zero attached hydrogens (tertiary/aromatic N) is 2. The lowest BCUT2D eigenvalue weighted by Crippen LogP contribution is -2.31. The van der Waals surface area contributed by atoms with Gasteiger partial charge in [-0.25, -0.2) is 0 Å². The van der Waals surface area contributed by atoms with Crippen LogP contribution in [0.5, 0.6) is 0 Å². The molecule has 2 aliphatic carbocycles. The third-order valence-corrected chi connectivity index (χ3v) is 5.76. The van der Waals surface area contributed by atoms with E-state index in [-0.39, 0.29) is 11.8 Å². The largest absolute Gasteiger partial charge is 0.381 e. The molecule has 5 nitrogen and oxygen atoms in total. The number of amides is 1. The summed E-state index contributed by atoms with van der Waals surface area (Å²) in [6, 6.07) is 0.383. The molecule has 2 heterocycles. The summed E-state index contributed by atoms with van der Waals surface area (Å²) in [4.78, 5) is 12.7. The van der Waals surface area contributed by atoms with Gasteiger partial charge >= 0.3 is 0 Å². The van der Waals surface area contributed by atoms with Crippen LogP contribution in [0, 0.1) is 5.41 Å². The lowest BCUT2D eigenvalue weighted by Gasteiger charge is -2.22. The topological polar surface area (TPSA) is 56.2 Å². The van der Waals surface area contributed by atoms with Crippen molar-refractivity contribution in [2.24, 2.45) is 12.5 Å².